The van der Waals surface area contributed by atoms with Crippen LogP contribution in [0.5, 0.6) is 0 Å². The lowest BCUT2D eigenvalue weighted by atomic mass is 9.93. The Kier molecular flexibility index (Phi) is 4.78. The summed E-state index contributed by atoms with van der Waals surface area (Å²) in [6.45, 7) is 9.50. The monoisotopic (exact) mass is 212 g/mol. The van der Waals surface area contributed by atoms with E-state index in [0.29, 0.717) is 12.5 Å². The predicted molar refractivity (Wildman–Crippen MR) is 61.7 cm³/mol. The van der Waals surface area contributed by atoms with Gasteiger partial charge in [0.15, 0.2) is 5.78 Å². The molecule has 0 amide bonds. The summed E-state index contributed by atoms with van der Waals surface area (Å²) in [5.41, 5.74) is 0. The quantitative estimate of drug-likeness (QED) is 0.700. The highest BCUT2D eigenvalue weighted by atomic mass is 16.5. The molecule has 15 heavy (non-hydrogen) atoms. The molecule has 0 radical (unpaired) electrons. The van der Waals surface area contributed by atoms with Gasteiger partial charge in [0.1, 0.15) is 6.61 Å². The van der Waals surface area contributed by atoms with Crippen molar-refractivity contribution in [2.75, 3.05) is 13.2 Å². The van der Waals surface area contributed by atoms with Gasteiger partial charge in [-0.2, -0.15) is 0 Å². The summed E-state index contributed by atoms with van der Waals surface area (Å²) in [5, 5.41) is 0. The number of rotatable bonds is 5. The second kappa shape index (κ2) is 5.64. The standard InChI is InChI=1S/C13H24O2/c1-9(2)13(14)8-15-7-12-10(3)5-6-11(12)4/h9-12H,5-8H2,1-4H3. The zero-order valence-corrected chi connectivity index (χ0v) is 10.5. The number of Topliss-reactive ketones (excluding diaryl/α,β-unsaturated/α-hetero) is 1. The zero-order chi connectivity index (χ0) is 11.4. The van der Waals surface area contributed by atoms with Gasteiger partial charge in [0.2, 0.25) is 0 Å². The first-order valence-corrected chi connectivity index (χ1v) is 6.12. The molecule has 0 N–H and O–H groups in total. The number of hydrogen-bond donors (Lipinski definition) is 0. The van der Waals surface area contributed by atoms with Crippen LogP contribution in [0.25, 0.3) is 0 Å². The third kappa shape index (κ3) is 3.60. The average molecular weight is 212 g/mol. The molecule has 1 aliphatic carbocycles. The van der Waals surface area contributed by atoms with E-state index in [1.54, 1.807) is 0 Å². The number of ether oxygens (including phenoxy) is 1. The van der Waals surface area contributed by atoms with Gasteiger partial charge >= 0.3 is 0 Å². The first kappa shape index (κ1) is 12.7. The van der Waals surface area contributed by atoms with E-state index in [4.69, 9.17) is 4.74 Å². The van der Waals surface area contributed by atoms with Crippen LogP contribution in [0.1, 0.15) is 40.5 Å². The van der Waals surface area contributed by atoms with Crippen LogP contribution in [0.3, 0.4) is 0 Å². The summed E-state index contributed by atoms with van der Waals surface area (Å²) in [4.78, 5) is 11.4. The Labute approximate surface area is 93.4 Å². The van der Waals surface area contributed by atoms with Crippen molar-refractivity contribution in [1.82, 2.24) is 0 Å². The molecule has 1 fully saturated rings. The van der Waals surface area contributed by atoms with E-state index in [1.165, 1.54) is 12.8 Å². The molecule has 1 aliphatic rings. The van der Waals surface area contributed by atoms with E-state index >= 15 is 0 Å². The molecule has 0 aromatic rings. The van der Waals surface area contributed by atoms with Crippen LogP contribution in [-0.2, 0) is 9.53 Å². The predicted octanol–water partition coefficient (Wildman–Crippen LogP) is 2.91. The van der Waals surface area contributed by atoms with E-state index in [-0.39, 0.29) is 11.7 Å². The maximum absolute atomic E-state index is 11.4. The van der Waals surface area contributed by atoms with Gasteiger partial charge in [-0.3, -0.25) is 4.79 Å². The van der Waals surface area contributed by atoms with E-state index in [0.717, 1.165) is 18.4 Å². The van der Waals surface area contributed by atoms with E-state index < -0.39 is 0 Å². The van der Waals surface area contributed by atoms with E-state index in [2.05, 4.69) is 13.8 Å². The molecule has 0 aromatic carbocycles. The van der Waals surface area contributed by atoms with Crippen molar-refractivity contribution in [3.8, 4) is 0 Å². The highest BCUT2D eigenvalue weighted by Gasteiger charge is 2.30. The molecule has 0 aliphatic heterocycles. The molecule has 0 saturated heterocycles. The highest BCUT2D eigenvalue weighted by molar-refractivity contribution is 5.81. The lowest BCUT2D eigenvalue weighted by Crippen LogP contribution is -2.22. The van der Waals surface area contributed by atoms with Gasteiger partial charge in [-0.1, -0.05) is 40.5 Å². The fourth-order valence-corrected chi connectivity index (χ4v) is 2.31. The Bertz CT molecular complexity index is 201. The summed E-state index contributed by atoms with van der Waals surface area (Å²) < 4.78 is 5.53. The largest absolute Gasteiger partial charge is 0.373 e. The Hall–Kier alpha value is -0.370. The first-order chi connectivity index (χ1) is 7.02. The molecule has 0 spiro atoms. The van der Waals surface area contributed by atoms with Gasteiger partial charge < -0.3 is 4.74 Å². The minimum atomic E-state index is 0.100. The average Bonchev–Trinajstić information content (AvgIpc) is 2.48. The van der Waals surface area contributed by atoms with Crippen LogP contribution in [0, 0.1) is 23.7 Å². The summed E-state index contributed by atoms with van der Waals surface area (Å²) >= 11 is 0. The zero-order valence-electron chi connectivity index (χ0n) is 10.5. The van der Waals surface area contributed by atoms with Crippen molar-refractivity contribution in [3.63, 3.8) is 0 Å². The van der Waals surface area contributed by atoms with Crippen LogP contribution < -0.4 is 0 Å². The molecule has 1 rings (SSSR count). The molecule has 2 unspecified atom stereocenters. The molecule has 2 nitrogen and oxygen atoms in total. The molecule has 0 aromatic heterocycles. The van der Waals surface area contributed by atoms with Gasteiger partial charge in [-0.05, 0) is 17.8 Å². The number of ketones is 1. The minimum Gasteiger partial charge on any atom is -0.373 e. The number of carbonyl (C=O) groups is 1. The fraction of sp³-hybridized carbons (Fsp3) is 0.923. The third-order valence-electron chi connectivity index (χ3n) is 3.74. The third-order valence-corrected chi connectivity index (χ3v) is 3.74. The van der Waals surface area contributed by atoms with Crippen LogP contribution in [0.15, 0.2) is 0 Å². The fourth-order valence-electron chi connectivity index (χ4n) is 2.31. The van der Waals surface area contributed by atoms with Crippen molar-refractivity contribution in [2.24, 2.45) is 23.7 Å². The summed E-state index contributed by atoms with van der Waals surface area (Å²) in [7, 11) is 0. The van der Waals surface area contributed by atoms with E-state index in [9.17, 15) is 4.79 Å². The smallest absolute Gasteiger partial charge is 0.160 e. The van der Waals surface area contributed by atoms with Gasteiger partial charge in [-0.15, -0.1) is 0 Å². The van der Waals surface area contributed by atoms with Crippen LogP contribution >= 0.6 is 0 Å². The molecular formula is C13H24O2. The Morgan fingerprint density at radius 1 is 1.27 bits per heavy atom. The minimum absolute atomic E-state index is 0.100. The van der Waals surface area contributed by atoms with Crippen molar-refractivity contribution < 1.29 is 9.53 Å². The van der Waals surface area contributed by atoms with Crippen LogP contribution in [-0.4, -0.2) is 19.0 Å². The summed E-state index contributed by atoms with van der Waals surface area (Å²) in [6, 6.07) is 0. The van der Waals surface area contributed by atoms with Crippen molar-refractivity contribution in [2.45, 2.75) is 40.5 Å². The lowest BCUT2D eigenvalue weighted by molar-refractivity contribution is -0.127. The summed E-state index contributed by atoms with van der Waals surface area (Å²) in [5.74, 6) is 2.49. The van der Waals surface area contributed by atoms with Gasteiger partial charge in [0, 0.05) is 5.92 Å². The molecule has 0 heterocycles. The SMILES string of the molecule is CC(C)C(=O)COCC1C(C)CCC1C. The van der Waals surface area contributed by atoms with Crippen LogP contribution in [0.4, 0.5) is 0 Å². The van der Waals surface area contributed by atoms with E-state index in [1.807, 2.05) is 13.8 Å². The Balaban J connectivity index is 2.22. The van der Waals surface area contributed by atoms with Gasteiger partial charge in [-0.25, -0.2) is 0 Å². The normalized spacial score (nSPS) is 31.1. The molecule has 2 heteroatoms. The Morgan fingerprint density at radius 2 is 1.80 bits per heavy atom. The van der Waals surface area contributed by atoms with Crippen molar-refractivity contribution in [3.05, 3.63) is 0 Å². The summed E-state index contributed by atoms with van der Waals surface area (Å²) in [6.07, 6.45) is 2.63. The van der Waals surface area contributed by atoms with Gasteiger partial charge in [0.25, 0.3) is 0 Å². The van der Waals surface area contributed by atoms with Crippen molar-refractivity contribution in [1.29, 1.82) is 0 Å². The maximum atomic E-state index is 11.4. The molecule has 2 atom stereocenters. The lowest BCUT2D eigenvalue weighted by Gasteiger charge is -2.19. The second-order valence-electron chi connectivity index (χ2n) is 5.33. The number of carbonyl (C=O) groups excluding carboxylic acids is 1. The Morgan fingerprint density at radius 3 is 2.27 bits per heavy atom. The molecule has 88 valence electrons. The second-order valence-corrected chi connectivity index (χ2v) is 5.33. The maximum Gasteiger partial charge on any atom is 0.160 e. The number of hydrogen-bond acceptors (Lipinski definition) is 2. The first-order valence-electron chi connectivity index (χ1n) is 6.12. The van der Waals surface area contributed by atoms with Gasteiger partial charge in [0.05, 0.1) is 6.61 Å². The van der Waals surface area contributed by atoms with Crippen molar-refractivity contribution >= 4 is 5.78 Å². The molecular weight excluding hydrogens is 188 g/mol. The molecule has 1 saturated carbocycles. The highest BCUT2D eigenvalue weighted by Crippen LogP contribution is 2.36. The topological polar surface area (TPSA) is 26.3 Å². The molecule has 0 bridgehead atoms. The van der Waals surface area contributed by atoms with Crippen LogP contribution in [0.2, 0.25) is 0 Å².